The monoisotopic (exact) mass is 514 g/mol. The van der Waals surface area contributed by atoms with E-state index >= 15 is 0 Å². The van der Waals surface area contributed by atoms with Crippen molar-refractivity contribution in [3.8, 4) is 5.75 Å². The summed E-state index contributed by atoms with van der Waals surface area (Å²) >= 11 is 0.757. The maximum Gasteiger partial charge on any atom is 0.293 e. The lowest BCUT2D eigenvalue weighted by atomic mass is 10.0. The molecule has 1 aliphatic rings. The van der Waals surface area contributed by atoms with Crippen LogP contribution in [-0.4, -0.2) is 21.0 Å². The lowest BCUT2D eigenvalue weighted by molar-refractivity contribution is -0.385. The Hall–Kier alpha value is -4.50. The molecule has 7 nitrogen and oxygen atoms in total. The molecule has 1 aliphatic heterocycles. The molecule has 4 aromatic rings. The Morgan fingerprint density at radius 1 is 0.919 bits per heavy atom. The number of nitro groups is 1. The number of fused-ring (bicyclic) bond motifs is 1. The molecule has 2 amide bonds. The molecule has 37 heavy (non-hydrogen) atoms. The van der Waals surface area contributed by atoms with Gasteiger partial charge >= 0.3 is 0 Å². The van der Waals surface area contributed by atoms with Crippen LogP contribution in [0.2, 0.25) is 0 Å². The third-order valence-electron chi connectivity index (χ3n) is 5.94. The van der Waals surface area contributed by atoms with Gasteiger partial charge in [-0.25, -0.2) is 4.39 Å². The highest BCUT2D eigenvalue weighted by Gasteiger charge is 2.36. The Kier molecular flexibility index (Phi) is 6.70. The predicted octanol–water partition coefficient (Wildman–Crippen LogP) is 6.70. The Morgan fingerprint density at radius 2 is 1.62 bits per heavy atom. The lowest BCUT2D eigenvalue weighted by Crippen LogP contribution is -2.27. The number of hydrogen-bond acceptors (Lipinski definition) is 6. The van der Waals surface area contributed by atoms with Gasteiger partial charge in [-0.1, -0.05) is 66.7 Å². The average molecular weight is 515 g/mol. The number of thioether (sulfide) groups is 1. The Bertz CT molecular complexity index is 1590. The van der Waals surface area contributed by atoms with Gasteiger partial charge in [-0.2, -0.15) is 0 Å². The second-order valence-electron chi connectivity index (χ2n) is 8.23. The lowest BCUT2D eigenvalue weighted by Gasteiger charge is -2.14. The predicted molar refractivity (Wildman–Crippen MR) is 139 cm³/mol. The van der Waals surface area contributed by atoms with E-state index in [1.165, 1.54) is 24.3 Å². The first kappa shape index (κ1) is 24.2. The van der Waals surface area contributed by atoms with Crippen LogP contribution < -0.4 is 4.74 Å². The fourth-order valence-electron chi connectivity index (χ4n) is 4.08. The number of carbonyl (C=O) groups excluding carboxylic acids is 2. The van der Waals surface area contributed by atoms with Gasteiger partial charge in [0.1, 0.15) is 18.2 Å². The average Bonchev–Trinajstić information content (AvgIpc) is 3.16. The number of nitrogens with zero attached hydrogens (tertiary/aromatic N) is 2. The summed E-state index contributed by atoms with van der Waals surface area (Å²) in [6.45, 7) is -0.240. The van der Waals surface area contributed by atoms with Gasteiger partial charge in [-0.3, -0.25) is 24.6 Å². The van der Waals surface area contributed by atoms with Gasteiger partial charge in [0.15, 0.2) is 0 Å². The van der Waals surface area contributed by atoms with Gasteiger partial charge in [0.2, 0.25) is 0 Å². The van der Waals surface area contributed by atoms with Crippen molar-refractivity contribution < 1.29 is 23.6 Å². The Labute approximate surface area is 215 Å². The van der Waals surface area contributed by atoms with Crippen LogP contribution in [0.25, 0.3) is 16.8 Å². The van der Waals surface area contributed by atoms with Crippen LogP contribution in [0.4, 0.5) is 14.9 Å². The molecular formula is C28H19FN2O5S. The van der Waals surface area contributed by atoms with E-state index in [0.717, 1.165) is 27.4 Å². The Morgan fingerprint density at radius 3 is 2.41 bits per heavy atom. The van der Waals surface area contributed by atoms with E-state index in [9.17, 15) is 24.1 Å². The highest BCUT2D eigenvalue weighted by molar-refractivity contribution is 8.18. The molecule has 0 aliphatic carbocycles. The van der Waals surface area contributed by atoms with Gasteiger partial charge in [-0.15, -0.1) is 0 Å². The summed E-state index contributed by atoms with van der Waals surface area (Å²) in [5, 5.41) is 12.5. The fourth-order valence-corrected chi connectivity index (χ4v) is 4.90. The summed E-state index contributed by atoms with van der Waals surface area (Å²) in [5.41, 5.74) is 1.05. The SMILES string of the molecule is O=C1S/C(=C\c2c(OCc3ccccc3F)ccc3ccccc23)C(=O)N1Cc1ccccc1[N+](=O)[O-]. The molecule has 4 aromatic carbocycles. The zero-order chi connectivity index (χ0) is 25.9. The number of para-hydroxylation sites is 1. The number of nitro benzene ring substituents is 1. The zero-order valence-electron chi connectivity index (χ0n) is 19.3. The van der Waals surface area contributed by atoms with E-state index in [2.05, 4.69) is 0 Å². The minimum atomic E-state index is -0.555. The molecule has 0 aromatic heterocycles. The van der Waals surface area contributed by atoms with E-state index in [4.69, 9.17) is 4.74 Å². The van der Waals surface area contributed by atoms with Crippen LogP contribution in [0.15, 0.2) is 89.8 Å². The van der Waals surface area contributed by atoms with Crippen molar-refractivity contribution in [2.45, 2.75) is 13.2 Å². The number of rotatable bonds is 7. The van der Waals surface area contributed by atoms with Crippen LogP contribution in [-0.2, 0) is 17.9 Å². The number of halogens is 1. The van der Waals surface area contributed by atoms with E-state index < -0.39 is 16.1 Å². The summed E-state index contributed by atoms with van der Waals surface area (Å²) < 4.78 is 20.1. The number of amides is 2. The van der Waals surface area contributed by atoms with Crippen LogP contribution in [0.3, 0.4) is 0 Å². The van der Waals surface area contributed by atoms with Crippen molar-refractivity contribution in [1.29, 1.82) is 0 Å². The van der Waals surface area contributed by atoms with Gasteiger partial charge in [0, 0.05) is 22.8 Å². The smallest absolute Gasteiger partial charge is 0.293 e. The molecule has 0 radical (unpaired) electrons. The first-order chi connectivity index (χ1) is 17.9. The quantitative estimate of drug-likeness (QED) is 0.155. The molecule has 184 valence electrons. The van der Waals surface area contributed by atoms with Gasteiger partial charge in [0.05, 0.1) is 16.4 Å². The second kappa shape index (κ2) is 10.2. The summed E-state index contributed by atoms with van der Waals surface area (Å²) in [4.78, 5) is 38.0. The van der Waals surface area contributed by atoms with Crippen LogP contribution in [0.5, 0.6) is 5.75 Å². The maximum absolute atomic E-state index is 14.1. The number of hydrogen-bond donors (Lipinski definition) is 0. The number of carbonyl (C=O) groups is 2. The first-order valence-electron chi connectivity index (χ1n) is 11.3. The third-order valence-corrected chi connectivity index (χ3v) is 6.84. The molecule has 0 atom stereocenters. The molecule has 0 spiro atoms. The molecule has 1 saturated heterocycles. The van der Waals surface area contributed by atoms with Gasteiger partial charge < -0.3 is 4.74 Å². The number of benzene rings is 4. The Balaban J connectivity index is 1.49. The van der Waals surface area contributed by atoms with E-state index in [1.54, 1.807) is 36.4 Å². The summed E-state index contributed by atoms with van der Waals surface area (Å²) in [6, 6.07) is 23.4. The minimum absolute atomic E-state index is 0.0228. The van der Waals surface area contributed by atoms with E-state index in [-0.39, 0.29) is 35.1 Å². The standard InChI is InChI=1S/C28H19FN2O5S/c29-23-11-5-2-9-20(23)17-36-25-14-13-18-7-1-4-10-21(18)22(25)15-26-27(32)30(28(33)37-26)16-19-8-3-6-12-24(19)31(34)35/h1-15H,16-17H2/b26-15-. The van der Waals surface area contributed by atoms with E-state index in [0.29, 0.717) is 16.9 Å². The van der Waals surface area contributed by atoms with Crippen LogP contribution in [0.1, 0.15) is 16.7 Å². The van der Waals surface area contributed by atoms with E-state index in [1.807, 2.05) is 30.3 Å². The number of imide groups is 1. The molecule has 5 rings (SSSR count). The normalized spacial score (nSPS) is 14.5. The molecule has 0 bridgehead atoms. The minimum Gasteiger partial charge on any atom is -0.488 e. The maximum atomic E-state index is 14.1. The van der Waals surface area contributed by atoms with Gasteiger partial charge in [0.25, 0.3) is 16.8 Å². The van der Waals surface area contributed by atoms with Crippen molar-refractivity contribution in [2.75, 3.05) is 0 Å². The van der Waals surface area contributed by atoms with Crippen molar-refractivity contribution in [3.63, 3.8) is 0 Å². The fraction of sp³-hybridized carbons (Fsp3) is 0.0714. The van der Waals surface area contributed by atoms with Crippen LogP contribution >= 0.6 is 11.8 Å². The van der Waals surface area contributed by atoms with Crippen molar-refractivity contribution in [2.24, 2.45) is 0 Å². The summed E-state index contributed by atoms with van der Waals surface area (Å²) in [6.07, 6.45) is 1.59. The molecule has 9 heteroatoms. The third kappa shape index (κ3) is 4.94. The van der Waals surface area contributed by atoms with Gasteiger partial charge in [-0.05, 0) is 40.7 Å². The summed E-state index contributed by atoms with van der Waals surface area (Å²) in [7, 11) is 0. The molecule has 0 N–H and O–H groups in total. The molecule has 0 saturated carbocycles. The first-order valence-corrected chi connectivity index (χ1v) is 12.1. The van der Waals surface area contributed by atoms with Crippen LogP contribution in [0, 0.1) is 15.9 Å². The highest BCUT2D eigenvalue weighted by atomic mass is 32.2. The van der Waals surface area contributed by atoms with Crippen molar-refractivity contribution in [3.05, 3.63) is 122 Å². The topological polar surface area (TPSA) is 89.8 Å². The summed E-state index contributed by atoms with van der Waals surface area (Å²) in [5.74, 6) is -0.519. The highest BCUT2D eigenvalue weighted by Crippen LogP contribution is 2.38. The largest absolute Gasteiger partial charge is 0.488 e. The molecular weight excluding hydrogens is 495 g/mol. The second-order valence-corrected chi connectivity index (χ2v) is 9.23. The van der Waals surface area contributed by atoms with Crippen molar-refractivity contribution in [1.82, 2.24) is 4.90 Å². The molecule has 0 unspecified atom stereocenters. The zero-order valence-corrected chi connectivity index (χ0v) is 20.1. The number of ether oxygens (including phenoxy) is 1. The molecule has 1 heterocycles. The van der Waals surface area contributed by atoms with Crippen molar-refractivity contribution >= 4 is 45.4 Å². The molecule has 1 fully saturated rings.